The lowest BCUT2D eigenvalue weighted by Crippen LogP contribution is -2.72. The minimum Gasteiger partial charge on any atom is -0.314 e. The summed E-state index contributed by atoms with van der Waals surface area (Å²) in [5, 5.41) is 3.54. The van der Waals surface area contributed by atoms with Gasteiger partial charge in [-0.2, -0.15) is 0 Å². The van der Waals surface area contributed by atoms with Crippen molar-refractivity contribution >= 4 is 0 Å². The van der Waals surface area contributed by atoms with Crippen LogP contribution >= 0.6 is 0 Å². The van der Waals surface area contributed by atoms with Crippen molar-refractivity contribution in [2.75, 3.05) is 13.1 Å². The van der Waals surface area contributed by atoms with Gasteiger partial charge in [-0.15, -0.1) is 0 Å². The second-order valence-corrected chi connectivity index (χ2v) is 7.44. The van der Waals surface area contributed by atoms with Crippen LogP contribution in [0.25, 0.3) is 11.1 Å². The van der Waals surface area contributed by atoms with Gasteiger partial charge in [-0.1, -0.05) is 42.5 Å². The van der Waals surface area contributed by atoms with E-state index < -0.39 is 0 Å². The summed E-state index contributed by atoms with van der Waals surface area (Å²) in [6.45, 7) is 2.96. The van der Waals surface area contributed by atoms with Crippen molar-refractivity contribution in [3.05, 3.63) is 90.0 Å². The second kappa shape index (κ2) is 6.87. The average molecular weight is 359 g/mol. The summed E-state index contributed by atoms with van der Waals surface area (Å²) in [6, 6.07) is 22.7. The van der Waals surface area contributed by atoms with E-state index >= 15 is 0 Å². The molecule has 0 saturated carbocycles. The maximum atomic E-state index is 13.1. The van der Waals surface area contributed by atoms with Crippen molar-refractivity contribution < 1.29 is 4.39 Å². The Bertz CT molecular complexity index is 897. The van der Waals surface area contributed by atoms with Gasteiger partial charge in [0, 0.05) is 43.8 Å². The van der Waals surface area contributed by atoms with Gasteiger partial charge in [-0.05, 0) is 41.0 Å². The van der Waals surface area contributed by atoms with E-state index in [1.807, 2.05) is 24.4 Å². The maximum absolute atomic E-state index is 13.1. The highest BCUT2D eigenvalue weighted by molar-refractivity contribution is 5.63. The molecule has 27 heavy (non-hydrogen) atoms. The second-order valence-electron chi connectivity index (χ2n) is 7.44. The standard InChI is InChI=1S/C23H22FN3/c24-19-10-8-17(9-11-19)16-4-6-18(7-5-16)23-21-13-25-14-22(23)27(21)15-20-3-1-2-12-26-20/h1-12,21-23,25H,13-15H2/t21-,22+,23?. The Balaban J connectivity index is 1.34. The van der Waals surface area contributed by atoms with Crippen molar-refractivity contribution in [1.29, 1.82) is 0 Å². The summed E-state index contributed by atoms with van der Waals surface area (Å²) in [5.41, 5.74) is 4.72. The summed E-state index contributed by atoms with van der Waals surface area (Å²) in [5.74, 6) is 0.371. The fourth-order valence-electron chi connectivity index (χ4n) is 4.58. The predicted octanol–water partition coefficient (Wildman–Crippen LogP) is 3.83. The van der Waals surface area contributed by atoms with E-state index in [-0.39, 0.29) is 5.82 Å². The highest BCUT2D eigenvalue weighted by Crippen LogP contribution is 2.43. The highest BCUT2D eigenvalue weighted by Gasteiger charge is 2.51. The van der Waals surface area contributed by atoms with E-state index in [2.05, 4.69) is 51.6 Å². The molecule has 2 aromatic carbocycles. The summed E-state index contributed by atoms with van der Waals surface area (Å²) < 4.78 is 13.1. The predicted molar refractivity (Wildman–Crippen MR) is 105 cm³/mol. The number of aromatic nitrogens is 1. The molecular weight excluding hydrogens is 337 g/mol. The third kappa shape index (κ3) is 3.05. The number of fused-ring (bicyclic) bond motifs is 2. The molecule has 1 aromatic heterocycles. The van der Waals surface area contributed by atoms with Crippen molar-refractivity contribution in [3.63, 3.8) is 0 Å². The van der Waals surface area contributed by atoms with E-state index in [4.69, 9.17) is 0 Å². The van der Waals surface area contributed by atoms with Gasteiger partial charge in [0.1, 0.15) is 5.82 Å². The van der Waals surface area contributed by atoms with E-state index in [0.29, 0.717) is 18.0 Å². The first kappa shape index (κ1) is 16.6. The quantitative estimate of drug-likeness (QED) is 0.767. The van der Waals surface area contributed by atoms with Gasteiger partial charge in [0.2, 0.25) is 0 Å². The first-order valence-electron chi connectivity index (χ1n) is 9.52. The molecule has 0 radical (unpaired) electrons. The molecule has 1 unspecified atom stereocenters. The fraction of sp³-hybridized carbons (Fsp3) is 0.261. The largest absolute Gasteiger partial charge is 0.314 e. The van der Waals surface area contributed by atoms with Crippen LogP contribution in [-0.2, 0) is 6.54 Å². The van der Waals surface area contributed by atoms with Gasteiger partial charge in [0.25, 0.3) is 0 Å². The molecule has 0 spiro atoms. The van der Waals surface area contributed by atoms with Crippen LogP contribution in [-0.4, -0.2) is 35.1 Å². The average Bonchev–Trinajstić information content (AvgIpc) is 2.74. The smallest absolute Gasteiger partial charge is 0.123 e. The minimum atomic E-state index is -0.196. The first-order chi connectivity index (χ1) is 13.3. The number of hydrogen-bond donors (Lipinski definition) is 1. The lowest BCUT2D eigenvalue weighted by Gasteiger charge is -2.59. The maximum Gasteiger partial charge on any atom is 0.123 e. The van der Waals surface area contributed by atoms with Gasteiger partial charge >= 0.3 is 0 Å². The molecular formula is C23H22FN3. The molecule has 3 nitrogen and oxygen atoms in total. The lowest BCUT2D eigenvalue weighted by molar-refractivity contribution is -0.0491. The normalized spacial score (nSPS) is 24.4. The number of piperidine rings is 1. The van der Waals surface area contributed by atoms with Gasteiger partial charge in [0.05, 0.1) is 5.69 Å². The molecule has 3 aromatic rings. The van der Waals surface area contributed by atoms with Crippen LogP contribution in [0.4, 0.5) is 4.39 Å². The Kier molecular flexibility index (Phi) is 4.23. The molecule has 2 bridgehead atoms. The third-order valence-electron chi connectivity index (χ3n) is 5.93. The zero-order valence-electron chi connectivity index (χ0n) is 15.1. The van der Waals surface area contributed by atoms with Crippen molar-refractivity contribution in [2.45, 2.75) is 24.5 Å². The Morgan fingerprint density at radius 2 is 1.56 bits per heavy atom. The molecule has 2 aliphatic heterocycles. The number of nitrogens with zero attached hydrogens (tertiary/aromatic N) is 2. The van der Waals surface area contributed by atoms with E-state index in [0.717, 1.165) is 36.5 Å². The minimum absolute atomic E-state index is 0.196. The number of likely N-dealkylation sites (tertiary alicyclic amines) is 1. The number of nitrogens with one attached hydrogen (secondary N) is 1. The zero-order valence-corrected chi connectivity index (χ0v) is 15.1. The number of halogens is 1. The van der Waals surface area contributed by atoms with Crippen LogP contribution in [0.15, 0.2) is 72.9 Å². The van der Waals surface area contributed by atoms with Gasteiger partial charge in [-0.25, -0.2) is 4.39 Å². The number of benzene rings is 2. The van der Waals surface area contributed by atoms with Crippen molar-refractivity contribution in [1.82, 2.24) is 15.2 Å². The molecule has 0 amide bonds. The SMILES string of the molecule is Fc1ccc(-c2ccc(C3[C@H]4CNC[C@@H]3N4Cc3ccccn3)cc2)cc1. The number of piperazine rings is 1. The molecule has 136 valence electrons. The Hall–Kier alpha value is -2.56. The van der Waals surface area contributed by atoms with Crippen molar-refractivity contribution in [2.24, 2.45) is 0 Å². The number of hydrogen-bond acceptors (Lipinski definition) is 3. The van der Waals surface area contributed by atoms with Crippen molar-refractivity contribution in [3.8, 4) is 11.1 Å². The third-order valence-corrected chi connectivity index (χ3v) is 5.93. The van der Waals surface area contributed by atoms with Crippen LogP contribution in [0, 0.1) is 5.82 Å². The summed E-state index contributed by atoms with van der Waals surface area (Å²) in [7, 11) is 0. The fourth-order valence-corrected chi connectivity index (χ4v) is 4.58. The van der Waals surface area contributed by atoms with Crippen LogP contribution in [0.3, 0.4) is 0 Å². The summed E-state index contributed by atoms with van der Waals surface area (Å²) in [6.07, 6.45) is 1.87. The van der Waals surface area contributed by atoms with E-state index in [9.17, 15) is 4.39 Å². The Morgan fingerprint density at radius 1 is 0.889 bits per heavy atom. The molecule has 3 heterocycles. The monoisotopic (exact) mass is 359 g/mol. The molecule has 0 aliphatic carbocycles. The van der Waals surface area contributed by atoms with Gasteiger partial charge in [0.15, 0.2) is 0 Å². The Labute approximate surface area is 158 Å². The highest BCUT2D eigenvalue weighted by atomic mass is 19.1. The molecule has 5 rings (SSSR count). The molecule has 3 atom stereocenters. The summed E-state index contributed by atoms with van der Waals surface area (Å²) >= 11 is 0. The topological polar surface area (TPSA) is 28.2 Å². The molecule has 2 aliphatic rings. The number of rotatable bonds is 4. The van der Waals surface area contributed by atoms with E-state index in [1.165, 1.54) is 17.7 Å². The van der Waals surface area contributed by atoms with Crippen LogP contribution in [0.1, 0.15) is 17.2 Å². The molecule has 1 N–H and O–H groups in total. The van der Waals surface area contributed by atoms with Gasteiger partial charge < -0.3 is 5.32 Å². The summed E-state index contributed by atoms with van der Waals surface area (Å²) in [4.78, 5) is 7.07. The van der Waals surface area contributed by atoms with Gasteiger partial charge in [-0.3, -0.25) is 9.88 Å². The Morgan fingerprint density at radius 3 is 2.19 bits per heavy atom. The molecule has 2 saturated heterocycles. The molecule has 4 heteroatoms. The first-order valence-corrected chi connectivity index (χ1v) is 9.52. The van der Waals surface area contributed by atoms with E-state index in [1.54, 1.807) is 0 Å². The van der Waals surface area contributed by atoms with Crippen LogP contribution < -0.4 is 5.32 Å². The van der Waals surface area contributed by atoms with Crippen LogP contribution in [0.5, 0.6) is 0 Å². The number of pyridine rings is 1. The van der Waals surface area contributed by atoms with Crippen LogP contribution in [0.2, 0.25) is 0 Å². The molecule has 2 fully saturated rings. The zero-order chi connectivity index (χ0) is 18.2. The lowest BCUT2D eigenvalue weighted by atomic mass is 9.72.